The summed E-state index contributed by atoms with van der Waals surface area (Å²) in [7, 11) is 0. The monoisotopic (exact) mass is 390 g/mol. The number of alkyl halides is 3. The van der Waals surface area contributed by atoms with Gasteiger partial charge < -0.3 is 10.6 Å². The van der Waals surface area contributed by atoms with E-state index in [2.05, 4.69) is 22.8 Å². The SMILES string of the molecule is CC(NC(=O)C(=O)Nc1ccc(C(F)(F)F)cc1)c1ccc2c(c1)CCCC2. The molecule has 1 unspecified atom stereocenters. The molecular weight excluding hydrogens is 369 g/mol. The molecule has 0 fully saturated rings. The summed E-state index contributed by atoms with van der Waals surface area (Å²) in [6.07, 6.45) is -0.0517. The molecule has 0 radical (unpaired) electrons. The third-order valence-corrected chi connectivity index (χ3v) is 4.90. The Bertz CT molecular complexity index is 876. The van der Waals surface area contributed by atoms with Crippen LogP contribution in [0.2, 0.25) is 0 Å². The van der Waals surface area contributed by atoms with Crippen molar-refractivity contribution in [2.24, 2.45) is 0 Å². The summed E-state index contributed by atoms with van der Waals surface area (Å²) in [5.74, 6) is -1.77. The van der Waals surface area contributed by atoms with Gasteiger partial charge in [0.1, 0.15) is 0 Å². The Balaban J connectivity index is 1.60. The molecule has 0 saturated carbocycles. The fourth-order valence-electron chi connectivity index (χ4n) is 3.30. The van der Waals surface area contributed by atoms with E-state index in [0.29, 0.717) is 0 Å². The number of fused-ring (bicyclic) bond motifs is 1. The molecular formula is C21H21F3N2O2. The average molecular weight is 390 g/mol. The van der Waals surface area contributed by atoms with E-state index in [1.807, 2.05) is 6.07 Å². The molecule has 148 valence electrons. The molecule has 2 aromatic rings. The highest BCUT2D eigenvalue weighted by Gasteiger charge is 2.30. The molecule has 0 aliphatic heterocycles. The first kappa shape index (κ1) is 19.9. The molecule has 28 heavy (non-hydrogen) atoms. The Labute approximate surface area is 161 Å². The maximum atomic E-state index is 12.6. The summed E-state index contributed by atoms with van der Waals surface area (Å²) in [5, 5.41) is 4.94. The number of rotatable bonds is 3. The molecule has 0 spiro atoms. The number of nitrogens with one attached hydrogen (secondary N) is 2. The lowest BCUT2D eigenvalue weighted by molar-refractivity contribution is -0.137. The zero-order valence-corrected chi connectivity index (χ0v) is 15.4. The van der Waals surface area contributed by atoms with Crippen molar-refractivity contribution in [1.29, 1.82) is 0 Å². The summed E-state index contributed by atoms with van der Waals surface area (Å²) < 4.78 is 37.7. The van der Waals surface area contributed by atoms with Crippen molar-refractivity contribution < 1.29 is 22.8 Å². The van der Waals surface area contributed by atoms with Crippen LogP contribution in [0.25, 0.3) is 0 Å². The maximum Gasteiger partial charge on any atom is 0.416 e. The van der Waals surface area contributed by atoms with Gasteiger partial charge in [-0.25, -0.2) is 0 Å². The standard InChI is InChI=1S/C21H21F3N2O2/c1-13(15-7-6-14-4-2-3-5-16(14)12-15)25-19(27)20(28)26-18-10-8-17(9-11-18)21(22,23)24/h6-13H,2-5H2,1H3,(H,25,27)(H,26,28). The van der Waals surface area contributed by atoms with Gasteiger partial charge in [0.05, 0.1) is 11.6 Å². The second kappa shape index (κ2) is 8.04. The lowest BCUT2D eigenvalue weighted by Crippen LogP contribution is -2.37. The highest BCUT2D eigenvalue weighted by Crippen LogP contribution is 2.30. The van der Waals surface area contributed by atoms with Crippen LogP contribution in [-0.2, 0) is 28.6 Å². The average Bonchev–Trinajstić information content (AvgIpc) is 2.67. The second-order valence-electron chi connectivity index (χ2n) is 6.96. The summed E-state index contributed by atoms with van der Waals surface area (Å²) in [5.41, 5.74) is 2.81. The van der Waals surface area contributed by atoms with E-state index in [4.69, 9.17) is 0 Å². The Morgan fingerprint density at radius 3 is 2.21 bits per heavy atom. The molecule has 0 heterocycles. The molecule has 2 N–H and O–H groups in total. The topological polar surface area (TPSA) is 58.2 Å². The Morgan fingerprint density at radius 1 is 0.929 bits per heavy atom. The first-order chi connectivity index (χ1) is 13.2. The highest BCUT2D eigenvalue weighted by molar-refractivity contribution is 6.39. The van der Waals surface area contributed by atoms with Gasteiger partial charge in [0, 0.05) is 5.69 Å². The Morgan fingerprint density at radius 2 is 1.57 bits per heavy atom. The predicted octanol–water partition coefficient (Wildman–Crippen LogP) is 4.40. The van der Waals surface area contributed by atoms with Crippen molar-refractivity contribution in [1.82, 2.24) is 5.32 Å². The van der Waals surface area contributed by atoms with Crippen LogP contribution in [0.5, 0.6) is 0 Å². The van der Waals surface area contributed by atoms with Crippen LogP contribution < -0.4 is 10.6 Å². The Kier molecular flexibility index (Phi) is 5.72. The van der Waals surface area contributed by atoms with E-state index in [9.17, 15) is 22.8 Å². The number of benzene rings is 2. The van der Waals surface area contributed by atoms with Crippen molar-refractivity contribution in [3.8, 4) is 0 Å². The van der Waals surface area contributed by atoms with Gasteiger partial charge in [-0.1, -0.05) is 18.2 Å². The number of hydrogen-bond acceptors (Lipinski definition) is 2. The quantitative estimate of drug-likeness (QED) is 0.764. The van der Waals surface area contributed by atoms with Crippen LogP contribution in [0, 0.1) is 0 Å². The van der Waals surface area contributed by atoms with Gasteiger partial charge in [-0.15, -0.1) is 0 Å². The first-order valence-electron chi connectivity index (χ1n) is 9.15. The van der Waals surface area contributed by atoms with E-state index in [1.165, 1.54) is 17.5 Å². The first-order valence-corrected chi connectivity index (χ1v) is 9.15. The highest BCUT2D eigenvalue weighted by atomic mass is 19.4. The summed E-state index contributed by atoms with van der Waals surface area (Å²) in [6, 6.07) is 9.64. The molecule has 1 aliphatic rings. The lowest BCUT2D eigenvalue weighted by atomic mass is 9.89. The number of carbonyl (C=O) groups is 2. The van der Waals surface area contributed by atoms with Crippen molar-refractivity contribution in [3.05, 3.63) is 64.7 Å². The third kappa shape index (κ3) is 4.71. The number of amides is 2. The zero-order valence-electron chi connectivity index (χ0n) is 15.4. The van der Waals surface area contributed by atoms with Crippen LogP contribution in [0.15, 0.2) is 42.5 Å². The third-order valence-electron chi connectivity index (χ3n) is 4.90. The fraction of sp³-hybridized carbons (Fsp3) is 0.333. The number of carbonyl (C=O) groups excluding carboxylic acids is 2. The molecule has 0 aromatic heterocycles. The zero-order chi connectivity index (χ0) is 20.3. The lowest BCUT2D eigenvalue weighted by Gasteiger charge is -2.20. The van der Waals surface area contributed by atoms with Crippen LogP contribution >= 0.6 is 0 Å². The Hall–Kier alpha value is -2.83. The summed E-state index contributed by atoms with van der Waals surface area (Å²) >= 11 is 0. The predicted molar refractivity (Wildman–Crippen MR) is 99.7 cm³/mol. The molecule has 4 nitrogen and oxygen atoms in total. The molecule has 0 bridgehead atoms. The smallest absolute Gasteiger partial charge is 0.341 e. The van der Waals surface area contributed by atoms with Crippen LogP contribution in [0.3, 0.4) is 0 Å². The van der Waals surface area contributed by atoms with Crippen molar-refractivity contribution >= 4 is 17.5 Å². The number of aryl methyl sites for hydroxylation is 2. The van der Waals surface area contributed by atoms with E-state index < -0.39 is 23.6 Å². The largest absolute Gasteiger partial charge is 0.416 e. The minimum atomic E-state index is -4.45. The second-order valence-corrected chi connectivity index (χ2v) is 6.96. The van der Waals surface area contributed by atoms with Crippen LogP contribution in [0.4, 0.5) is 18.9 Å². The molecule has 3 rings (SSSR count). The molecule has 1 atom stereocenters. The maximum absolute atomic E-state index is 12.6. The van der Waals surface area contributed by atoms with Crippen molar-refractivity contribution in [3.63, 3.8) is 0 Å². The van der Waals surface area contributed by atoms with Gasteiger partial charge in [0.25, 0.3) is 0 Å². The van der Waals surface area contributed by atoms with E-state index >= 15 is 0 Å². The molecule has 0 saturated heterocycles. The van der Waals surface area contributed by atoms with Gasteiger partial charge in [-0.2, -0.15) is 13.2 Å². The number of anilines is 1. The van der Waals surface area contributed by atoms with Gasteiger partial charge >= 0.3 is 18.0 Å². The van der Waals surface area contributed by atoms with Crippen molar-refractivity contribution in [2.75, 3.05) is 5.32 Å². The van der Waals surface area contributed by atoms with E-state index in [1.54, 1.807) is 6.92 Å². The molecule has 1 aliphatic carbocycles. The summed E-state index contributed by atoms with van der Waals surface area (Å²) in [6.45, 7) is 1.79. The summed E-state index contributed by atoms with van der Waals surface area (Å²) in [4.78, 5) is 24.2. The minimum absolute atomic E-state index is 0.120. The van der Waals surface area contributed by atoms with Crippen molar-refractivity contribution in [2.45, 2.75) is 44.8 Å². The van der Waals surface area contributed by atoms with Gasteiger partial charge in [-0.05, 0) is 73.6 Å². The molecule has 7 heteroatoms. The number of halogens is 3. The van der Waals surface area contributed by atoms with Gasteiger partial charge in [-0.3, -0.25) is 9.59 Å². The molecule has 2 aromatic carbocycles. The van der Waals surface area contributed by atoms with E-state index in [0.717, 1.165) is 49.1 Å². The molecule has 2 amide bonds. The minimum Gasteiger partial charge on any atom is -0.341 e. The fourth-order valence-corrected chi connectivity index (χ4v) is 3.30. The van der Waals surface area contributed by atoms with Gasteiger partial charge in [0.2, 0.25) is 0 Å². The number of hydrogen-bond donors (Lipinski definition) is 2. The van der Waals surface area contributed by atoms with Crippen LogP contribution in [-0.4, -0.2) is 11.8 Å². The van der Waals surface area contributed by atoms with Gasteiger partial charge in [0.15, 0.2) is 0 Å². The van der Waals surface area contributed by atoms with Crippen LogP contribution in [0.1, 0.15) is 48.1 Å². The van der Waals surface area contributed by atoms with E-state index in [-0.39, 0.29) is 11.7 Å². The normalized spacial score (nSPS) is 14.7.